The smallest absolute Gasteiger partial charge is 0.254 e. The molecule has 1 aliphatic rings. The average molecular weight is 333 g/mol. The van der Waals surface area contributed by atoms with E-state index in [1.807, 2.05) is 5.38 Å². The lowest BCUT2D eigenvalue weighted by molar-refractivity contribution is 0.0790. The zero-order chi connectivity index (χ0) is 16.2. The van der Waals surface area contributed by atoms with Crippen LogP contribution in [0.2, 0.25) is 0 Å². The molecule has 1 saturated heterocycles. The molecule has 7 heteroatoms. The fourth-order valence-electron chi connectivity index (χ4n) is 2.53. The van der Waals surface area contributed by atoms with Crippen molar-refractivity contribution in [1.82, 2.24) is 9.88 Å². The Bertz CT molecular complexity index is 675. The van der Waals surface area contributed by atoms with Crippen LogP contribution < -0.4 is 15.2 Å². The first-order valence-electron chi connectivity index (χ1n) is 7.40. The molecule has 1 atom stereocenters. The van der Waals surface area contributed by atoms with Crippen molar-refractivity contribution < 1.29 is 14.3 Å². The second kappa shape index (κ2) is 6.97. The third-order valence-electron chi connectivity index (χ3n) is 3.78. The van der Waals surface area contributed by atoms with E-state index in [0.717, 1.165) is 12.1 Å². The van der Waals surface area contributed by atoms with Crippen molar-refractivity contribution in [2.24, 2.45) is 5.73 Å². The first-order valence-corrected chi connectivity index (χ1v) is 8.34. The van der Waals surface area contributed by atoms with E-state index in [0.29, 0.717) is 36.8 Å². The summed E-state index contributed by atoms with van der Waals surface area (Å²) in [6.07, 6.45) is 0.845. The van der Waals surface area contributed by atoms with Crippen LogP contribution in [0.4, 0.5) is 0 Å². The number of ether oxygens (including phenoxy) is 2. The van der Waals surface area contributed by atoms with Crippen molar-refractivity contribution in [1.29, 1.82) is 0 Å². The van der Waals surface area contributed by atoms with Gasteiger partial charge in [0.2, 0.25) is 0 Å². The molecule has 0 bridgehead atoms. The summed E-state index contributed by atoms with van der Waals surface area (Å²) in [5.41, 5.74) is 9.07. The van der Waals surface area contributed by atoms with Gasteiger partial charge in [0.05, 0.1) is 18.3 Å². The van der Waals surface area contributed by atoms with Crippen molar-refractivity contribution in [2.75, 3.05) is 20.2 Å². The molecule has 122 valence electrons. The van der Waals surface area contributed by atoms with E-state index < -0.39 is 0 Å². The highest BCUT2D eigenvalue weighted by molar-refractivity contribution is 7.07. The molecule has 1 aliphatic heterocycles. The second-order valence-corrected chi connectivity index (χ2v) is 6.15. The van der Waals surface area contributed by atoms with Gasteiger partial charge in [-0.2, -0.15) is 0 Å². The number of amides is 1. The van der Waals surface area contributed by atoms with E-state index in [4.69, 9.17) is 15.2 Å². The van der Waals surface area contributed by atoms with Crippen LogP contribution in [0.5, 0.6) is 11.5 Å². The fraction of sp³-hybridized carbons (Fsp3) is 0.375. The van der Waals surface area contributed by atoms with Crippen LogP contribution >= 0.6 is 11.3 Å². The Labute approximate surface area is 138 Å². The monoisotopic (exact) mass is 333 g/mol. The summed E-state index contributed by atoms with van der Waals surface area (Å²) < 4.78 is 11.1. The summed E-state index contributed by atoms with van der Waals surface area (Å²) in [6.45, 7) is 1.67. The van der Waals surface area contributed by atoms with E-state index in [1.54, 1.807) is 35.7 Å². The van der Waals surface area contributed by atoms with E-state index in [2.05, 4.69) is 4.98 Å². The van der Waals surface area contributed by atoms with Crippen LogP contribution in [0.25, 0.3) is 0 Å². The number of rotatable bonds is 5. The van der Waals surface area contributed by atoms with Crippen molar-refractivity contribution in [2.45, 2.75) is 19.1 Å². The molecule has 1 aromatic carbocycles. The summed E-state index contributed by atoms with van der Waals surface area (Å²) >= 11 is 1.52. The Morgan fingerprint density at radius 3 is 3.00 bits per heavy atom. The minimum atomic E-state index is -0.0256. The number of methoxy groups -OCH3 is 1. The lowest BCUT2D eigenvalue weighted by Crippen LogP contribution is -2.31. The molecule has 2 N–H and O–H groups in total. The Balaban J connectivity index is 1.72. The van der Waals surface area contributed by atoms with Crippen molar-refractivity contribution in [3.63, 3.8) is 0 Å². The highest BCUT2D eigenvalue weighted by atomic mass is 32.1. The summed E-state index contributed by atoms with van der Waals surface area (Å²) in [5.74, 6) is 1.10. The molecule has 1 aromatic heterocycles. The molecule has 0 radical (unpaired) electrons. The van der Waals surface area contributed by atoms with Gasteiger partial charge in [0.15, 0.2) is 11.5 Å². The Morgan fingerprint density at radius 2 is 2.35 bits per heavy atom. The first-order chi connectivity index (χ1) is 11.2. The van der Waals surface area contributed by atoms with Gasteiger partial charge in [-0.05, 0) is 24.6 Å². The predicted molar refractivity (Wildman–Crippen MR) is 87.9 cm³/mol. The number of nitrogens with two attached hydrogens (primary N) is 1. The second-order valence-electron chi connectivity index (χ2n) is 5.43. The molecule has 2 aromatic rings. The molecule has 0 aliphatic carbocycles. The SMILES string of the molecule is COc1cc(C(=O)N2CC[C@@H](N)C2)ccc1OCc1cscn1. The molecule has 0 spiro atoms. The van der Waals surface area contributed by atoms with Gasteiger partial charge in [-0.25, -0.2) is 4.98 Å². The molecule has 0 saturated carbocycles. The van der Waals surface area contributed by atoms with Crippen LogP contribution in [0, 0.1) is 0 Å². The predicted octanol–water partition coefficient (Wildman–Crippen LogP) is 1.90. The maximum absolute atomic E-state index is 12.5. The third kappa shape index (κ3) is 3.62. The maximum atomic E-state index is 12.5. The topological polar surface area (TPSA) is 77.7 Å². The van der Waals surface area contributed by atoms with E-state index in [-0.39, 0.29) is 11.9 Å². The van der Waals surface area contributed by atoms with Gasteiger partial charge in [0.1, 0.15) is 6.61 Å². The van der Waals surface area contributed by atoms with Crippen molar-refractivity contribution in [3.8, 4) is 11.5 Å². The highest BCUT2D eigenvalue weighted by Gasteiger charge is 2.25. The number of hydrogen-bond donors (Lipinski definition) is 1. The summed E-state index contributed by atoms with van der Waals surface area (Å²) in [7, 11) is 1.56. The third-order valence-corrected chi connectivity index (χ3v) is 4.42. The lowest BCUT2D eigenvalue weighted by Gasteiger charge is -2.17. The Kier molecular flexibility index (Phi) is 4.78. The van der Waals surface area contributed by atoms with Crippen LogP contribution in [0.15, 0.2) is 29.1 Å². The molecular formula is C16H19N3O3S. The largest absolute Gasteiger partial charge is 0.493 e. The molecule has 1 amide bonds. The number of nitrogens with zero attached hydrogens (tertiary/aromatic N) is 2. The maximum Gasteiger partial charge on any atom is 0.254 e. The lowest BCUT2D eigenvalue weighted by atomic mass is 10.1. The normalized spacial score (nSPS) is 17.3. The number of benzene rings is 1. The van der Waals surface area contributed by atoms with Crippen LogP contribution in [-0.4, -0.2) is 42.0 Å². The van der Waals surface area contributed by atoms with Crippen LogP contribution in [0.1, 0.15) is 22.5 Å². The zero-order valence-electron chi connectivity index (χ0n) is 12.9. The number of hydrogen-bond acceptors (Lipinski definition) is 6. The number of likely N-dealkylation sites (tertiary alicyclic amines) is 1. The van der Waals surface area contributed by atoms with Gasteiger partial charge in [-0.15, -0.1) is 11.3 Å². The Hall–Kier alpha value is -2.12. The summed E-state index contributed by atoms with van der Waals surface area (Å²) in [4.78, 5) is 18.4. The molecule has 0 unspecified atom stereocenters. The van der Waals surface area contributed by atoms with E-state index >= 15 is 0 Å². The van der Waals surface area contributed by atoms with E-state index in [9.17, 15) is 4.79 Å². The van der Waals surface area contributed by atoms with Gasteiger partial charge >= 0.3 is 0 Å². The standard InChI is InChI=1S/C16H19N3O3S/c1-21-15-6-11(16(20)19-5-4-12(17)7-19)2-3-14(15)22-8-13-9-23-10-18-13/h2-3,6,9-10,12H,4-5,7-8,17H2,1H3/t12-/m1/s1. The summed E-state index contributed by atoms with van der Waals surface area (Å²) in [5, 5.41) is 1.93. The molecule has 1 fully saturated rings. The quantitative estimate of drug-likeness (QED) is 0.904. The van der Waals surface area contributed by atoms with E-state index in [1.165, 1.54) is 11.3 Å². The number of aromatic nitrogens is 1. The number of carbonyl (C=O) groups excluding carboxylic acids is 1. The molecule has 3 rings (SSSR count). The minimum Gasteiger partial charge on any atom is -0.493 e. The Morgan fingerprint density at radius 1 is 1.48 bits per heavy atom. The minimum absolute atomic E-state index is 0.0256. The van der Waals surface area contributed by atoms with Crippen LogP contribution in [-0.2, 0) is 6.61 Å². The van der Waals surface area contributed by atoms with Gasteiger partial charge in [0.25, 0.3) is 5.91 Å². The average Bonchev–Trinajstić information content (AvgIpc) is 3.23. The molecular weight excluding hydrogens is 314 g/mol. The van der Waals surface area contributed by atoms with Gasteiger partial charge in [-0.1, -0.05) is 0 Å². The number of thiazole rings is 1. The first kappa shape index (κ1) is 15.8. The van der Waals surface area contributed by atoms with Crippen LogP contribution in [0.3, 0.4) is 0 Å². The van der Waals surface area contributed by atoms with Crippen molar-refractivity contribution >= 4 is 17.2 Å². The molecule has 2 heterocycles. The number of carbonyl (C=O) groups is 1. The summed E-state index contributed by atoms with van der Waals surface area (Å²) in [6, 6.07) is 5.30. The zero-order valence-corrected chi connectivity index (χ0v) is 13.7. The molecule has 23 heavy (non-hydrogen) atoms. The van der Waals surface area contributed by atoms with Crippen molar-refractivity contribution in [3.05, 3.63) is 40.3 Å². The molecule has 6 nitrogen and oxygen atoms in total. The van der Waals surface area contributed by atoms with Gasteiger partial charge in [-0.3, -0.25) is 4.79 Å². The fourth-order valence-corrected chi connectivity index (χ4v) is 3.08. The highest BCUT2D eigenvalue weighted by Crippen LogP contribution is 2.29. The van der Waals surface area contributed by atoms with Gasteiger partial charge in [0, 0.05) is 30.1 Å². The van der Waals surface area contributed by atoms with Gasteiger partial charge < -0.3 is 20.1 Å².